The summed E-state index contributed by atoms with van der Waals surface area (Å²) in [5.41, 5.74) is 3.03. The number of fused-ring (bicyclic) bond motifs is 2. The predicted molar refractivity (Wildman–Crippen MR) is 130 cm³/mol. The van der Waals surface area contributed by atoms with Crippen LogP contribution < -0.4 is 25.0 Å². The molecule has 0 spiro atoms. The molecule has 0 atom stereocenters. The maximum Gasteiger partial charge on any atom is 0.248 e. The second-order valence-electron chi connectivity index (χ2n) is 6.96. The fourth-order valence-corrected chi connectivity index (χ4v) is 3.51. The minimum Gasteiger partial charge on any atom is -0.490 e. The molecule has 0 bridgehead atoms. The van der Waals surface area contributed by atoms with Crippen molar-refractivity contribution in [2.45, 2.75) is 19.8 Å². The molecule has 2 aliphatic heterocycles. The Bertz CT molecular complexity index is 919. The van der Waals surface area contributed by atoms with Crippen LogP contribution in [0.25, 0.3) is 0 Å². The maximum absolute atomic E-state index is 12.7. The van der Waals surface area contributed by atoms with Crippen molar-refractivity contribution in [1.29, 1.82) is 0 Å². The second-order valence-corrected chi connectivity index (χ2v) is 6.96. The summed E-state index contributed by atoms with van der Waals surface area (Å²) in [6.07, 6.45) is 1.75. The van der Waals surface area contributed by atoms with Crippen molar-refractivity contribution in [2.75, 3.05) is 43.1 Å². The third kappa shape index (κ3) is 5.16. The Balaban J connectivity index is 0.00000256. The smallest absolute Gasteiger partial charge is 0.248 e. The Morgan fingerprint density at radius 2 is 1.93 bits per heavy atom. The molecule has 0 unspecified atom stereocenters. The van der Waals surface area contributed by atoms with Crippen molar-refractivity contribution in [3.05, 3.63) is 48.0 Å². The largest absolute Gasteiger partial charge is 0.490 e. The summed E-state index contributed by atoms with van der Waals surface area (Å²) in [5, 5.41) is 6.43. The number of nitrogens with one attached hydrogen (secondary N) is 2. The predicted octanol–water partition coefficient (Wildman–Crippen LogP) is 3.43. The topological polar surface area (TPSA) is 75.2 Å². The normalized spacial score (nSPS) is 15.0. The lowest BCUT2D eigenvalue weighted by molar-refractivity contribution is -0.117. The number of nitrogens with zero attached hydrogens (tertiary/aromatic N) is 2. The number of carbonyl (C=O) groups is 1. The van der Waals surface area contributed by atoms with Crippen LogP contribution in [0.3, 0.4) is 0 Å². The van der Waals surface area contributed by atoms with E-state index in [4.69, 9.17) is 9.47 Å². The molecule has 30 heavy (non-hydrogen) atoms. The van der Waals surface area contributed by atoms with E-state index in [0.717, 1.165) is 30.0 Å². The highest BCUT2D eigenvalue weighted by atomic mass is 127. The molecule has 0 aromatic heterocycles. The van der Waals surface area contributed by atoms with Crippen LogP contribution in [0.5, 0.6) is 11.5 Å². The van der Waals surface area contributed by atoms with Crippen LogP contribution in [0.1, 0.15) is 18.9 Å². The number of ether oxygens (including phenoxy) is 2. The van der Waals surface area contributed by atoms with Crippen LogP contribution in [0.4, 0.5) is 11.4 Å². The van der Waals surface area contributed by atoms with Crippen molar-refractivity contribution in [1.82, 2.24) is 5.32 Å². The van der Waals surface area contributed by atoms with Gasteiger partial charge in [-0.3, -0.25) is 4.79 Å². The second kappa shape index (κ2) is 10.5. The SMILES string of the molecule is CCNC(=NCC(=O)N1CCc2ccccc21)Nc1ccc2c(c1)OCCCO2.I. The molecule has 1 amide bonds. The van der Waals surface area contributed by atoms with E-state index in [1.165, 1.54) is 5.56 Å². The standard InChI is InChI=1S/C22H26N4O3.HI/c1-2-23-22(25-17-8-9-19-20(14-17)29-13-5-12-28-19)24-15-21(27)26-11-10-16-6-3-4-7-18(16)26;/h3-4,6-9,14H,2,5,10-13,15H2,1H3,(H2,23,24,25);1H. The van der Waals surface area contributed by atoms with E-state index in [0.29, 0.717) is 38.0 Å². The molecule has 2 N–H and O–H groups in total. The molecule has 2 aliphatic rings. The highest BCUT2D eigenvalue weighted by molar-refractivity contribution is 14.0. The molecule has 8 heteroatoms. The molecule has 0 saturated heterocycles. The summed E-state index contributed by atoms with van der Waals surface area (Å²) in [6.45, 7) is 4.76. The van der Waals surface area contributed by atoms with Gasteiger partial charge in [-0.05, 0) is 37.1 Å². The monoisotopic (exact) mass is 522 g/mol. The van der Waals surface area contributed by atoms with Gasteiger partial charge in [-0.1, -0.05) is 18.2 Å². The van der Waals surface area contributed by atoms with E-state index in [9.17, 15) is 4.79 Å². The summed E-state index contributed by atoms with van der Waals surface area (Å²) in [4.78, 5) is 19.0. The van der Waals surface area contributed by atoms with Gasteiger partial charge in [-0.15, -0.1) is 24.0 Å². The van der Waals surface area contributed by atoms with E-state index < -0.39 is 0 Å². The number of para-hydroxylation sites is 1. The van der Waals surface area contributed by atoms with Gasteiger partial charge in [-0.25, -0.2) is 4.99 Å². The van der Waals surface area contributed by atoms with E-state index in [1.54, 1.807) is 0 Å². The minimum atomic E-state index is -0.00850. The first-order valence-corrected chi connectivity index (χ1v) is 10.1. The summed E-state index contributed by atoms with van der Waals surface area (Å²) in [5.74, 6) is 2.01. The van der Waals surface area contributed by atoms with Crippen molar-refractivity contribution < 1.29 is 14.3 Å². The van der Waals surface area contributed by atoms with Gasteiger partial charge >= 0.3 is 0 Å². The van der Waals surface area contributed by atoms with Gasteiger partial charge in [0.25, 0.3) is 0 Å². The number of hydrogen-bond donors (Lipinski definition) is 2. The number of amides is 1. The Hall–Kier alpha value is -2.49. The molecule has 2 aromatic rings. The molecule has 0 radical (unpaired) electrons. The van der Waals surface area contributed by atoms with E-state index in [-0.39, 0.29) is 36.4 Å². The zero-order valence-corrected chi connectivity index (χ0v) is 19.3. The van der Waals surface area contributed by atoms with Gasteiger partial charge in [0.15, 0.2) is 17.5 Å². The zero-order valence-electron chi connectivity index (χ0n) is 17.0. The van der Waals surface area contributed by atoms with Crippen molar-refractivity contribution in [2.24, 2.45) is 4.99 Å². The molecule has 0 fully saturated rings. The Morgan fingerprint density at radius 1 is 1.13 bits per heavy atom. The molecule has 0 aliphatic carbocycles. The number of hydrogen-bond acceptors (Lipinski definition) is 4. The van der Waals surface area contributed by atoms with Crippen LogP contribution in [0, 0.1) is 0 Å². The van der Waals surface area contributed by atoms with Crippen LogP contribution in [-0.4, -0.2) is 44.7 Å². The first-order valence-electron chi connectivity index (χ1n) is 10.1. The maximum atomic E-state index is 12.7. The highest BCUT2D eigenvalue weighted by Crippen LogP contribution is 2.32. The number of benzene rings is 2. The molecular weight excluding hydrogens is 495 g/mol. The average molecular weight is 522 g/mol. The van der Waals surface area contributed by atoms with Crippen molar-refractivity contribution in [3.63, 3.8) is 0 Å². The molecule has 4 rings (SSSR count). The average Bonchev–Trinajstić information content (AvgIpc) is 3.03. The summed E-state index contributed by atoms with van der Waals surface area (Å²) in [6, 6.07) is 13.7. The Kier molecular flexibility index (Phi) is 7.78. The van der Waals surface area contributed by atoms with Crippen LogP contribution in [-0.2, 0) is 11.2 Å². The number of halogens is 1. The first kappa shape index (κ1) is 22.2. The number of anilines is 2. The number of guanidine groups is 1. The Morgan fingerprint density at radius 3 is 2.77 bits per heavy atom. The lowest BCUT2D eigenvalue weighted by Crippen LogP contribution is -2.34. The third-order valence-corrected chi connectivity index (χ3v) is 4.92. The van der Waals surface area contributed by atoms with Crippen molar-refractivity contribution in [3.8, 4) is 11.5 Å². The van der Waals surface area contributed by atoms with Gasteiger partial charge in [0.2, 0.25) is 5.91 Å². The molecule has 7 nitrogen and oxygen atoms in total. The quantitative estimate of drug-likeness (QED) is 0.366. The van der Waals surface area contributed by atoms with Gasteiger partial charge in [0.05, 0.1) is 13.2 Å². The zero-order chi connectivity index (χ0) is 20.1. The molecular formula is C22H27IN4O3. The fourth-order valence-electron chi connectivity index (χ4n) is 3.51. The molecule has 2 aromatic carbocycles. The van der Waals surface area contributed by atoms with E-state index >= 15 is 0 Å². The van der Waals surface area contributed by atoms with Gasteiger partial charge in [0, 0.05) is 37.0 Å². The lowest BCUT2D eigenvalue weighted by atomic mass is 10.2. The van der Waals surface area contributed by atoms with E-state index in [2.05, 4.69) is 21.7 Å². The number of carbonyl (C=O) groups excluding carboxylic acids is 1. The summed E-state index contributed by atoms with van der Waals surface area (Å²) < 4.78 is 11.4. The van der Waals surface area contributed by atoms with Crippen molar-refractivity contribution >= 4 is 47.2 Å². The van der Waals surface area contributed by atoms with E-state index in [1.807, 2.05) is 48.2 Å². The fraction of sp³-hybridized carbons (Fsp3) is 0.364. The summed E-state index contributed by atoms with van der Waals surface area (Å²) in [7, 11) is 0. The van der Waals surface area contributed by atoms with Crippen LogP contribution >= 0.6 is 24.0 Å². The molecule has 2 heterocycles. The van der Waals surface area contributed by atoms with Gasteiger partial charge in [0.1, 0.15) is 6.54 Å². The van der Waals surface area contributed by atoms with Gasteiger partial charge in [-0.2, -0.15) is 0 Å². The highest BCUT2D eigenvalue weighted by Gasteiger charge is 2.23. The molecule has 0 saturated carbocycles. The summed E-state index contributed by atoms with van der Waals surface area (Å²) >= 11 is 0. The lowest BCUT2D eigenvalue weighted by Gasteiger charge is -2.17. The number of aliphatic imine (C=N–C) groups is 1. The van der Waals surface area contributed by atoms with Crippen LogP contribution in [0.2, 0.25) is 0 Å². The number of rotatable bonds is 4. The third-order valence-electron chi connectivity index (χ3n) is 4.92. The van der Waals surface area contributed by atoms with Gasteiger partial charge < -0.3 is 25.0 Å². The first-order chi connectivity index (χ1) is 14.2. The minimum absolute atomic E-state index is 0. The van der Waals surface area contributed by atoms with Crippen LogP contribution in [0.15, 0.2) is 47.5 Å². The molecule has 160 valence electrons. The Labute approximate surface area is 193 Å².